The van der Waals surface area contributed by atoms with Crippen LogP contribution in [0.1, 0.15) is 0 Å². The number of rotatable bonds is 3. The fourth-order valence-corrected chi connectivity index (χ4v) is 1.76. The number of nitrogens with zero attached hydrogens (tertiary/aromatic N) is 2. The standard InChI is InChI=1S/C10H12N2S/c1-13-7-6-12-8-11-9-4-2-3-5-10(9)12/h2-5,8H,6-7H2,1H3. The van der Waals surface area contributed by atoms with E-state index >= 15 is 0 Å². The molecule has 2 rings (SSSR count). The number of benzene rings is 1. The molecule has 1 heterocycles. The summed E-state index contributed by atoms with van der Waals surface area (Å²) in [6, 6.07) is 8.24. The highest BCUT2D eigenvalue weighted by atomic mass is 32.2. The van der Waals surface area contributed by atoms with Crippen LogP contribution in [-0.4, -0.2) is 21.6 Å². The monoisotopic (exact) mass is 192 g/mol. The molecule has 0 saturated carbocycles. The number of imidazole rings is 1. The zero-order valence-electron chi connectivity index (χ0n) is 7.60. The van der Waals surface area contributed by atoms with Crippen LogP contribution in [0.25, 0.3) is 11.0 Å². The molecule has 2 nitrogen and oxygen atoms in total. The smallest absolute Gasteiger partial charge is 0.0958 e. The fourth-order valence-electron chi connectivity index (χ4n) is 1.38. The Labute approximate surface area is 82.0 Å². The topological polar surface area (TPSA) is 17.8 Å². The minimum Gasteiger partial charge on any atom is -0.330 e. The average Bonchev–Trinajstić information content (AvgIpc) is 2.58. The molecule has 3 heteroatoms. The van der Waals surface area contributed by atoms with E-state index in [9.17, 15) is 0 Å². The van der Waals surface area contributed by atoms with Gasteiger partial charge >= 0.3 is 0 Å². The molecular formula is C10H12N2S. The van der Waals surface area contributed by atoms with Crippen molar-refractivity contribution in [2.24, 2.45) is 0 Å². The molecule has 0 bridgehead atoms. The van der Waals surface area contributed by atoms with Crippen molar-refractivity contribution in [3.8, 4) is 0 Å². The zero-order chi connectivity index (χ0) is 9.10. The Morgan fingerprint density at radius 1 is 1.38 bits per heavy atom. The first-order valence-electron chi connectivity index (χ1n) is 4.30. The van der Waals surface area contributed by atoms with Gasteiger partial charge in [-0.3, -0.25) is 0 Å². The Bertz CT molecular complexity index is 394. The molecule has 0 aliphatic carbocycles. The van der Waals surface area contributed by atoms with Crippen LogP contribution >= 0.6 is 11.8 Å². The second kappa shape index (κ2) is 3.83. The molecule has 68 valence electrons. The highest BCUT2D eigenvalue weighted by Crippen LogP contribution is 2.11. The first-order chi connectivity index (χ1) is 6.42. The van der Waals surface area contributed by atoms with Crippen LogP contribution in [0.2, 0.25) is 0 Å². The molecule has 0 fully saturated rings. The molecule has 13 heavy (non-hydrogen) atoms. The number of fused-ring (bicyclic) bond motifs is 1. The van der Waals surface area contributed by atoms with Crippen LogP contribution in [0, 0.1) is 0 Å². The summed E-state index contributed by atoms with van der Waals surface area (Å²) in [6.07, 6.45) is 4.04. The third-order valence-electron chi connectivity index (χ3n) is 2.06. The molecule has 0 saturated heterocycles. The van der Waals surface area contributed by atoms with Crippen LogP contribution in [0.3, 0.4) is 0 Å². The van der Waals surface area contributed by atoms with E-state index < -0.39 is 0 Å². The largest absolute Gasteiger partial charge is 0.330 e. The predicted molar refractivity (Wildman–Crippen MR) is 58.1 cm³/mol. The summed E-state index contributed by atoms with van der Waals surface area (Å²) in [5, 5.41) is 0. The molecule has 0 N–H and O–H groups in total. The molecule has 1 aromatic carbocycles. The fraction of sp³-hybridized carbons (Fsp3) is 0.300. The second-order valence-electron chi connectivity index (χ2n) is 2.92. The maximum Gasteiger partial charge on any atom is 0.0958 e. The third-order valence-corrected chi connectivity index (χ3v) is 2.65. The van der Waals surface area contributed by atoms with Gasteiger partial charge in [-0.2, -0.15) is 11.8 Å². The molecule has 0 aliphatic rings. The number of aryl methyl sites for hydroxylation is 1. The maximum absolute atomic E-state index is 4.33. The normalized spacial score (nSPS) is 10.8. The summed E-state index contributed by atoms with van der Waals surface area (Å²) in [4.78, 5) is 4.33. The van der Waals surface area contributed by atoms with Crippen molar-refractivity contribution in [1.82, 2.24) is 9.55 Å². The number of thioether (sulfide) groups is 1. The van der Waals surface area contributed by atoms with Crippen molar-refractivity contribution in [2.75, 3.05) is 12.0 Å². The van der Waals surface area contributed by atoms with E-state index in [1.165, 1.54) is 5.52 Å². The SMILES string of the molecule is CSCCn1cnc2ccccc21. The first-order valence-corrected chi connectivity index (χ1v) is 5.70. The van der Waals surface area contributed by atoms with Gasteiger partial charge in [-0.1, -0.05) is 12.1 Å². The summed E-state index contributed by atoms with van der Waals surface area (Å²) in [5.74, 6) is 1.14. The van der Waals surface area contributed by atoms with E-state index in [-0.39, 0.29) is 0 Å². The van der Waals surface area contributed by atoms with Crippen molar-refractivity contribution in [2.45, 2.75) is 6.54 Å². The predicted octanol–water partition coefficient (Wildman–Crippen LogP) is 2.40. The van der Waals surface area contributed by atoms with Crippen LogP contribution in [-0.2, 0) is 6.54 Å². The van der Waals surface area contributed by atoms with Crippen LogP contribution < -0.4 is 0 Å². The summed E-state index contributed by atoms with van der Waals surface area (Å²) < 4.78 is 2.20. The van der Waals surface area contributed by atoms with E-state index in [2.05, 4.69) is 27.9 Å². The maximum atomic E-state index is 4.33. The van der Waals surface area contributed by atoms with Crippen LogP contribution in [0.5, 0.6) is 0 Å². The molecular weight excluding hydrogens is 180 g/mol. The Kier molecular flexibility index (Phi) is 2.54. The first kappa shape index (κ1) is 8.63. The Morgan fingerprint density at radius 2 is 2.23 bits per heavy atom. The molecule has 0 unspecified atom stereocenters. The Morgan fingerprint density at radius 3 is 3.08 bits per heavy atom. The third kappa shape index (κ3) is 1.70. The van der Waals surface area contributed by atoms with Gasteiger partial charge in [-0.05, 0) is 18.4 Å². The molecule has 0 spiro atoms. The lowest BCUT2D eigenvalue weighted by Crippen LogP contribution is -1.97. The highest BCUT2D eigenvalue weighted by Gasteiger charge is 1.99. The second-order valence-corrected chi connectivity index (χ2v) is 3.91. The van der Waals surface area contributed by atoms with Crippen molar-refractivity contribution in [3.05, 3.63) is 30.6 Å². The number of hydrogen-bond donors (Lipinski definition) is 0. The van der Waals surface area contributed by atoms with Gasteiger partial charge in [0, 0.05) is 12.3 Å². The highest BCUT2D eigenvalue weighted by molar-refractivity contribution is 7.98. The van der Waals surface area contributed by atoms with Gasteiger partial charge in [0.15, 0.2) is 0 Å². The summed E-state index contributed by atoms with van der Waals surface area (Å²) >= 11 is 1.86. The Hall–Kier alpha value is -0.960. The lowest BCUT2D eigenvalue weighted by atomic mass is 10.3. The summed E-state index contributed by atoms with van der Waals surface area (Å²) in [7, 11) is 0. The van der Waals surface area contributed by atoms with E-state index in [0.29, 0.717) is 0 Å². The van der Waals surface area contributed by atoms with Gasteiger partial charge in [0.25, 0.3) is 0 Å². The number of aromatic nitrogens is 2. The molecule has 0 amide bonds. The van der Waals surface area contributed by atoms with Crippen molar-refractivity contribution in [3.63, 3.8) is 0 Å². The molecule has 0 aliphatic heterocycles. The van der Waals surface area contributed by atoms with Gasteiger partial charge in [0.2, 0.25) is 0 Å². The molecule has 0 atom stereocenters. The minimum atomic E-state index is 1.04. The van der Waals surface area contributed by atoms with E-state index in [1.54, 1.807) is 0 Å². The quantitative estimate of drug-likeness (QED) is 0.743. The lowest BCUT2D eigenvalue weighted by molar-refractivity contribution is 0.797. The van der Waals surface area contributed by atoms with Gasteiger partial charge in [0.1, 0.15) is 0 Å². The summed E-state index contributed by atoms with van der Waals surface area (Å²) in [5.41, 5.74) is 2.32. The van der Waals surface area contributed by atoms with Crippen LogP contribution in [0.15, 0.2) is 30.6 Å². The van der Waals surface area contributed by atoms with Gasteiger partial charge < -0.3 is 4.57 Å². The number of hydrogen-bond acceptors (Lipinski definition) is 2. The van der Waals surface area contributed by atoms with Gasteiger partial charge in [-0.15, -0.1) is 0 Å². The van der Waals surface area contributed by atoms with E-state index in [0.717, 1.165) is 17.8 Å². The number of para-hydroxylation sites is 2. The summed E-state index contributed by atoms with van der Waals surface area (Å²) in [6.45, 7) is 1.04. The average molecular weight is 192 g/mol. The lowest BCUT2D eigenvalue weighted by Gasteiger charge is -2.01. The van der Waals surface area contributed by atoms with Crippen molar-refractivity contribution >= 4 is 22.8 Å². The molecule has 1 aromatic heterocycles. The zero-order valence-corrected chi connectivity index (χ0v) is 8.42. The minimum absolute atomic E-state index is 1.04. The van der Waals surface area contributed by atoms with E-state index in [4.69, 9.17) is 0 Å². The molecule has 0 radical (unpaired) electrons. The Balaban J connectivity index is 2.35. The van der Waals surface area contributed by atoms with E-state index in [1.807, 2.05) is 30.2 Å². The molecule has 2 aromatic rings. The van der Waals surface area contributed by atoms with Gasteiger partial charge in [-0.25, -0.2) is 4.98 Å². The van der Waals surface area contributed by atoms with Crippen molar-refractivity contribution in [1.29, 1.82) is 0 Å². The van der Waals surface area contributed by atoms with Gasteiger partial charge in [0.05, 0.1) is 17.4 Å². The van der Waals surface area contributed by atoms with Crippen LogP contribution in [0.4, 0.5) is 0 Å². The van der Waals surface area contributed by atoms with Crippen molar-refractivity contribution < 1.29 is 0 Å².